The molecule has 3 heteroatoms. The highest BCUT2D eigenvalue weighted by Crippen LogP contribution is 2.20. The number of hydrogen-bond acceptors (Lipinski definition) is 3. The quantitative estimate of drug-likeness (QED) is 0.478. The Morgan fingerprint density at radius 1 is 1.15 bits per heavy atom. The van der Waals surface area contributed by atoms with Crippen molar-refractivity contribution in [2.45, 2.75) is 50.4 Å². The largest absolute Gasteiger partial charge is 0.393 e. The van der Waals surface area contributed by atoms with E-state index in [1.165, 1.54) is 12.8 Å². The van der Waals surface area contributed by atoms with Crippen molar-refractivity contribution in [1.29, 1.82) is 0 Å². The second-order valence-electron chi connectivity index (χ2n) is 4.08. The molecule has 0 bridgehead atoms. The van der Waals surface area contributed by atoms with Crippen molar-refractivity contribution in [1.82, 2.24) is 0 Å². The van der Waals surface area contributed by atoms with Gasteiger partial charge >= 0.3 is 0 Å². The number of aliphatic hydroxyl groups is 1. The van der Waals surface area contributed by atoms with Crippen molar-refractivity contribution in [3.05, 3.63) is 0 Å². The molecule has 2 saturated heterocycles. The second kappa shape index (κ2) is 4.40. The van der Waals surface area contributed by atoms with Crippen LogP contribution in [0.3, 0.4) is 0 Å². The Labute approximate surface area is 79.0 Å². The maximum absolute atomic E-state index is 9.53. The summed E-state index contributed by atoms with van der Waals surface area (Å²) in [5, 5.41) is 9.53. The van der Waals surface area contributed by atoms with Gasteiger partial charge < -0.3 is 14.6 Å². The molecule has 13 heavy (non-hydrogen) atoms. The highest BCUT2D eigenvalue weighted by Gasteiger charge is 2.25. The predicted octanol–water partition coefficient (Wildman–Crippen LogP) is 1.10. The van der Waals surface area contributed by atoms with Crippen molar-refractivity contribution < 1.29 is 14.6 Å². The van der Waals surface area contributed by atoms with E-state index in [-0.39, 0.29) is 6.10 Å². The third kappa shape index (κ3) is 4.07. The van der Waals surface area contributed by atoms with Gasteiger partial charge in [0, 0.05) is 6.42 Å². The van der Waals surface area contributed by atoms with E-state index < -0.39 is 0 Å². The number of aliphatic hydroxyl groups excluding tert-OH is 1. The molecule has 3 unspecified atom stereocenters. The monoisotopic (exact) mass is 186 g/mol. The summed E-state index contributed by atoms with van der Waals surface area (Å²) in [7, 11) is 0. The van der Waals surface area contributed by atoms with E-state index in [0.717, 1.165) is 32.5 Å². The molecular weight excluding hydrogens is 168 g/mol. The van der Waals surface area contributed by atoms with Crippen molar-refractivity contribution >= 4 is 0 Å². The summed E-state index contributed by atoms with van der Waals surface area (Å²) in [6.07, 6.45) is 6.00. The molecule has 3 atom stereocenters. The Morgan fingerprint density at radius 2 is 1.85 bits per heavy atom. The fraction of sp³-hybridized carbons (Fsp3) is 1.00. The Kier molecular flexibility index (Phi) is 3.19. The first kappa shape index (κ1) is 9.44. The van der Waals surface area contributed by atoms with Gasteiger partial charge in [0.25, 0.3) is 0 Å². The lowest BCUT2D eigenvalue weighted by molar-refractivity contribution is 0.139. The third-order valence-electron chi connectivity index (χ3n) is 2.65. The summed E-state index contributed by atoms with van der Waals surface area (Å²) in [4.78, 5) is 0. The first-order valence-corrected chi connectivity index (χ1v) is 5.26. The highest BCUT2D eigenvalue weighted by molar-refractivity contribution is 4.74. The van der Waals surface area contributed by atoms with Gasteiger partial charge in [-0.2, -0.15) is 0 Å². The van der Waals surface area contributed by atoms with Gasteiger partial charge in [-0.15, -0.1) is 0 Å². The van der Waals surface area contributed by atoms with Gasteiger partial charge in [-0.3, -0.25) is 0 Å². The summed E-state index contributed by atoms with van der Waals surface area (Å²) in [6, 6.07) is 0. The summed E-state index contributed by atoms with van der Waals surface area (Å²) >= 11 is 0. The average Bonchev–Trinajstić information content (AvgIpc) is 2.92. The van der Waals surface area contributed by atoms with Crippen molar-refractivity contribution in [3.63, 3.8) is 0 Å². The van der Waals surface area contributed by atoms with Crippen LogP contribution in [0.1, 0.15) is 32.1 Å². The lowest BCUT2D eigenvalue weighted by atomic mass is 10.1. The lowest BCUT2D eigenvalue weighted by Crippen LogP contribution is -2.09. The third-order valence-corrected chi connectivity index (χ3v) is 2.65. The maximum atomic E-state index is 9.53. The van der Waals surface area contributed by atoms with Gasteiger partial charge in [-0.1, -0.05) is 12.8 Å². The lowest BCUT2D eigenvalue weighted by Gasteiger charge is -2.07. The number of rotatable bonds is 7. The van der Waals surface area contributed by atoms with E-state index >= 15 is 0 Å². The first-order chi connectivity index (χ1) is 6.34. The fourth-order valence-electron chi connectivity index (χ4n) is 1.61. The van der Waals surface area contributed by atoms with Crippen LogP contribution in [0.5, 0.6) is 0 Å². The Bertz CT molecular complexity index is 152. The zero-order chi connectivity index (χ0) is 9.10. The van der Waals surface area contributed by atoms with E-state index in [9.17, 15) is 5.11 Å². The van der Waals surface area contributed by atoms with Gasteiger partial charge in [-0.25, -0.2) is 0 Å². The molecule has 2 aliphatic rings. The van der Waals surface area contributed by atoms with Crippen LogP contribution in [0.2, 0.25) is 0 Å². The molecule has 76 valence electrons. The number of ether oxygens (including phenoxy) is 2. The molecule has 2 fully saturated rings. The molecule has 1 N–H and O–H groups in total. The van der Waals surface area contributed by atoms with E-state index in [2.05, 4.69) is 0 Å². The minimum Gasteiger partial charge on any atom is -0.393 e. The molecule has 2 rings (SSSR count). The van der Waals surface area contributed by atoms with Crippen LogP contribution in [0.25, 0.3) is 0 Å². The SMILES string of the molecule is OC(CCCCC1CO1)CC1CO1. The molecule has 2 heterocycles. The van der Waals surface area contributed by atoms with Crippen LogP contribution in [0.4, 0.5) is 0 Å². The van der Waals surface area contributed by atoms with Crippen LogP contribution in [0.15, 0.2) is 0 Å². The maximum Gasteiger partial charge on any atom is 0.0834 e. The van der Waals surface area contributed by atoms with Crippen molar-refractivity contribution in [2.24, 2.45) is 0 Å². The first-order valence-electron chi connectivity index (χ1n) is 5.26. The molecule has 0 aromatic heterocycles. The van der Waals surface area contributed by atoms with E-state index in [1.54, 1.807) is 0 Å². The summed E-state index contributed by atoms with van der Waals surface area (Å²) in [6.45, 7) is 1.81. The number of unbranched alkanes of at least 4 members (excludes halogenated alkanes) is 1. The zero-order valence-corrected chi connectivity index (χ0v) is 7.95. The number of epoxide rings is 2. The highest BCUT2D eigenvalue weighted by atomic mass is 16.6. The van der Waals surface area contributed by atoms with Gasteiger partial charge in [0.2, 0.25) is 0 Å². The zero-order valence-electron chi connectivity index (χ0n) is 7.95. The molecular formula is C10H18O3. The normalized spacial score (nSPS) is 33.0. The summed E-state index contributed by atoms with van der Waals surface area (Å²) < 4.78 is 10.2. The fourth-order valence-corrected chi connectivity index (χ4v) is 1.61. The molecule has 0 aromatic rings. The average molecular weight is 186 g/mol. The predicted molar refractivity (Wildman–Crippen MR) is 48.6 cm³/mol. The minimum atomic E-state index is -0.146. The molecule has 2 aliphatic heterocycles. The molecule has 0 saturated carbocycles. The van der Waals surface area contributed by atoms with Crippen LogP contribution in [0, 0.1) is 0 Å². The van der Waals surface area contributed by atoms with E-state index in [4.69, 9.17) is 9.47 Å². The van der Waals surface area contributed by atoms with Crippen LogP contribution < -0.4 is 0 Å². The van der Waals surface area contributed by atoms with Crippen molar-refractivity contribution in [2.75, 3.05) is 13.2 Å². The Hall–Kier alpha value is -0.120. The molecule has 3 nitrogen and oxygen atoms in total. The van der Waals surface area contributed by atoms with Gasteiger partial charge in [0.15, 0.2) is 0 Å². The Balaban J connectivity index is 1.41. The van der Waals surface area contributed by atoms with E-state index in [0.29, 0.717) is 12.2 Å². The van der Waals surface area contributed by atoms with E-state index in [1.807, 2.05) is 0 Å². The van der Waals surface area contributed by atoms with Crippen molar-refractivity contribution in [3.8, 4) is 0 Å². The van der Waals surface area contributed by atoms with Crippen LogP contribution in [-0.4, -0.2) is 36.6 Å². The van der Waals surface area contributed by atoms with Gasteiger partial charge in [0.05, 0.1) is 31.5 Å². The molecule has 0 radical (unpaired) electrons. The molecule has 0 amide bonds. The standard InChI is InChI=1S/C10H18O3/c11-8(5-10-7-13-10)3-1-2-4-9-6-12-9/h8-11H,1-7H2. The summed E-state index contributed by atoms with van der Waals surface area (Å²) in [5.41, 5.74) is 0. The summed E-state index contributed by atoms with van der Waals surface area (Å²) in [5.74, 6) is 0. The van der Waals surface area contributed by atoms with Gasteiger partial charge in [0.1, 0.15) is 0 Å². The van der Waals surface area contributed by atoms with Crippen LogP contribution >= 0.6 is 0 Å². The Morgan fingerprint density at radius 3 is 2.46 bits per heavy atom. The topological polar surface area (TPSA) is 45.3 Å². The second-order valence-corrected chi connectivity index (χ2v) is 4.08. The molecule has 0 aliphatic carbocycles. The smallest absolute Gasteiger partial charge is 0.0834 e. The molecule has 0 aromatic carbocycles. The minimum absolute atomic E-state index is 0.146. The van der Waals surface area contributed by atoms with Crippen LogP contribution in [-0.2, 0) is 9.47 Å². The van der Waals surface area contributed by atoms with Gasteiger partial charge in [-0.05, 0) is 12.8 Å². The number of hydrogen-bond donors (Lipinski definition) is 1. The molecule has 0 spiro atoms.